The highest BCUT2D eigenvalue weighted by molar-refractivity contribution is 5.80. The van der Waals surface area contributed by atoms with Gasteiger partial charge in [-0.3, -0.25) is 0 Å². The van der Waals surface area contributed by atoms with Crippen LogP contribution in [0.4, 0.5) is 0 Å². The highest BCUT2D eigenvalue weighted by atomic mass is 16.4. The number of amidine groups is 1. The smallest absolute Gasteiger partial charge is 0.140 e. The number of nitrogens with two attached hydrogens (primary N) is 1. The summed E-state index contributed by atoms with van der Waals surface area (Å²) in [6, 6.07) is 8.79. The van der Waals surface area contributed by atoms with Gasteiger partial charge in [-0.05, 0) is 24.5 Å². The Morgan fingerprint density at radius 2 is 2.35 bits per heavy atom. The van der Waals surface area contributed by atoms with E-state index in [4.69, 9.17) is 10.9 Å². The highest BCUT2D eigenvalue weighted by Crippen LogP contribution is 2.34. The molecule has 0 aromatic heterocycles. The summed E-state index contributed by atoms with van der Waals surface area (Å²) in [5.74, 6) is 0.889. The zero-order valence-corrected chi connectivity index (χ0v) is 10.1. The number of oxime groups is 1. The Labute approximate surface area is 102 Å². The molecule has 4 heteroatoms. The van der Waals surface area contributed by atoms with Crippen molar-refractivity contribution in [2.75, 3.05) is 6.54 Å². The SMILES string of the molecule is CC(CC(N)=NO)NCC1Cc2ccccc21. The molecule has 92 valence electrons. The molecule has 4 nitrogen and oxygen atoms in total. The molecule has 0 amide bonds. The summed E-state index contributed by atoms with van der Waals surface area (Å²) in [6.45, 7) is 3.00. The molecule has 0 bridgehead atoms. The second-order valence-electron chi connectivity index (χ2n) is 4.70. The van der Waals surface area contributed by atoms with Gasteiger partial charge in [0.05, 0.1) is 0 Å². The minimum atomic E-state index is 0.235. The van der Waals surface area contributed by atoms with Crippen molar-refractivity contribution in [3.8, 4) is 0 Å². The van der Waals surface area contributed by atoms with E-state index in [1.807, 2.05) is 6.92 Å². The zero-order chi connectivity index (χ0) is 12.3. The Hall–Kier alpha value is -1.55. The monoisotopic (exact) mass is 233 g/mol. The molecule has 0 saturated heterocycles. The molecule has 0 fully saturated rings. The van der Waals surface area contributed by atoms with Gasteiger partial charge in [0.15, 0.2) is 0 Å². The zero-order valence-electron chi connectivity index (χ0n) is 10.1. The van der Waals surface area contributed by atoms with Gasteiger partial charge in [0.1, 0.15) is 5.84 Å². The lowest BCUT2D eigenvalue weighted by Crippen LogP contribution is -2.36. The molecule has 1 aliphatic carbocycles. The van der Waals surface area contributed by atoms with Gasteiger partial charge in [0.2, 0.25) is 0 Å². The third-order valence-electron chi connectivity index (χ3n) is 3.32. The van der Waals surface area contributed by atoms with Crippen LogP contribution < -0.4 is 11.1 Å². The van der Waals surface area contributed by atoms with Gasteiger partial charge in [0, 0.05) is 24.9 Å². The van der Waals surface area contributed by atoms with E-state index in [1.54, 1.807) is 0 Å². The summed E-state index contributed by atoms with van der Waals surface area (Å²) in [5, 5.41) is 14.9. The average Bonchev–Trinajstić information content (AvgIpc) is 2.30. The molecule has 0 spiro atoms. The van der Waals surface area contributed by atoms with E-state index >= 15 is 0 Å². The van der Waals surface area contributed by atoms with E-state index < -0.39 is 0 Å². The summed E-state index contributed by atoms with van der Waals surface area (Å²) in [4.78, 5) is 0. The second-order valence-corrected chi connectivity index (χ2v) is 4.70. The molecule has 17 heavy (non-hydrogen) atoms. The van der Waals surface area contributed by atoms with Gasteiger partial charge in [0.25, 0.3) is 0 Å². The number of nitrogens with one attached hydrogen (secondary N) is 1. The van der Waals surface area contributed by atoms with Crippen molar-refractivity contribution in [3.63, 3.8) is 0 Å². The maximum atomic E-state index is 8.48. The first-order valence-corrected chi connectivity index (χ1v) is 5.98. The van der Waals surface area contributed by atoms with E-state index in [9.17, 15) is 0 Å². The minimum absolute atomic E-state index is 0.235. The fourth-order valence-corrected chi connectivity index (χ4v) is 2.31. The van der Waals surface area contributed by atoms with Crippen molar-refractivity contribution in [2.45, 2.75) is 31.7 Å². The quantitative estimate of drug-likeness (QED) is 0.312. The van der Waals surface area contributed by atoms with E-state index in [1.165, 1.54) is 11.1 Å². The number of nitrogens with zero attached hydrogens (tertiary/aromatic N) is 1. The Balaban J connectivity index is 1.78. The fourth-order valence-electron chi connectivity index (χ4n) is 2.31. The molecular formula is C13H19N3O. The van der Waals surface area contributed by atoms with Gasteiger partial charge in [-0.25, -0.2) is 0 Å². The lowest BCUT2D eigenvalue weighted by atomic mass is 9.77. The standard InChI is InChI=1S/C13H19N3O/c1-9(6-13(14)16-17)15-8-11-7-10-4-2-3-5-12(10)11/h2-5,9,11,15,17H,6-8H2,1H3,(H2,14,16). The van der Waals surface area contributed by atoms with Crippen LogP contribution >= 0.6 is 0 Å². The van der Waals surface area contributed by atoms with E-state index in [2.05, 4.69) is 34.7 Å². The molecular weight excluding hydrogens is 214 g/mol. The van der Waals surface area contributed by atoms with E-state index in [0.717, 1.165) is 13.0 Å². The van der Waals surface area contributed by atoms with Gasteiger partial charge in [-0.2, -0.15) is 0 Å². The van der Waals surface area contributed by atoms with Crippen LogP contribution in [0.15, 0.2) is 29.4 Å². The van der Waals surface area contributed by atoms with Gasteiger partial charge in [-0.15, -0.1) is 0 Å². The predicted octanol–water partition coefficient (Wildman–Crippen LogP) is 1.44. The molecule has 0 aliphatic heterocycles. The maximum absolute atomic E-state index is 8.48. The normalized spacial score (nSPS) is 20.5. The number of rotatable bonds is 5. The van der Waals surface area contributed by atoms with Crippen LogP contribution in [0, 0.1) is 0 Å². The van der Waals surface area contributed by atoms with Crippen molar-refractivity contribution in [3.05, 3.63) is 35.4 Å². The van der Waals surface area contributed by atoms with Crippen molar-refractivity contribution < 1.29 is 5.21 Å². The largest absolute Gasteiger partial charge is 0.409 e. The topological polar surface area (TPSA) is 70.6 Å². The summed E-state index contributed by atoms with van der Waals surface area (Å²) in [6.07, 6.45) is 1.73. The summed E-state index contributed by atoms with van der Waals surface area (Å²) >= 11 is 0. The van der Waals surface area contributed by atoms with Crippen molar-refractivity contribution in [1.82, 2.24) is 5.32 Å². The maximum Gasteiger partial charge on any atom is 0.140 e. The van der Waals surface area contributed by atoms with Crippen LogP contribution in [-0.2, 0) is 6.42 Å². The Morgan fingerprint density at radius 3 is 3.06 bits per heavy atom. The molecule has 0 saturated carbocycles. The first kappa shape index (κ1) is 11.9. The number of hydrogen-bond acceptors (Lipinski definition) is 3. The lowest BCUT2D eigenvalue weighted by molar-refractivity contribution is 0.315. The molecule has 0 radical (unpaired) electrons. The molecule has 1 aromatic rings. The summed E-state index contributed by atoms with van der Waals surface area (Å²) < 4.78 is 0. The van der Waals surface area contributed by atoms with Crippen molar-refractivity contribution in [2.24, 2.45) is 10.9 Å². The van der Waals surface area contributed by atoms with Crippen LogP contribution in [0.25, 0.3) is 0 Å². The van der Waals surface area contributed by atoms with Crippen LogP contribution in [0.5, 0.6) is 0 Å². The van der Waals surface area contributed by atoms with Crippen LogP contribution in [0.2, 0.25) is 0 Å². The number of benzene rings is 1. The Kier molecular flexibility index (Phi) is 3.64. The number of fused-ring (bicyclic) bond motifs is 1. The molecule has 2 atom stereocenters. The van der Waals surface area contributed by atoms with Crippen LogP contribution in [-0.4, -0.2) is 23.6 Å². The van der Waals surface area contributed by atoms with Crippen LogP contribution in [0.3, 0.4) is 0 Å². The molecule has 1 aromatic carbocycles. The van der Waals surface area contributed by atoms with Crippen molar-refractivity contribution >= 4 is 5.84 Å². The molecule has 4 N–H and O–H groups in total. The lowest BCUT2D eigenvalue weighted by Gasteiger charge is -2.31. The van der Waals surface area contributed by atoms with E-state index in [-0.39, 0.29) is 11.9 Å². The number of hydrogen-bond donors (Lipinski definition) is 3. The first-order valence-electron chi connectivity index (χ1n) is 5.98. The molecule has 0 heterocycles. The minimum Gasteiger partial charge on any atom is -0.409 e. The Bertz CT molecular complexity index is 417. The first-order chi connectivity index (χ1) is 8.20. The third-order valence-corrected chi connectivity index (χ3v) is 3.32. The van der Waals surface area contributed by atoms with Crippen molar-refractivity contribution in [1.29, 1.82) is 0 Å². The van der Waals surface area contributed by atoms with Gasteiger partial charge in [-0.1, -0.05) is 29.4 Å². The van der Waals surface area contributed by atoms with Crippen LogP contribution in [0.1, 0.15) is 30.4 Å². The predicted molar refractivity (Wildman–Crippen MR) is 68.4 cm³/mol. The molecule has 1 aliphatic rings. The Morgan fingerprint density at radius 1 is 1.59 bits per heavy atom. The van der Waals surface area contributed by atoms with Gasteiger partial charge >= 0.3 is 0 Å². The third kappa shape index (κ3) is 2.77. The highest BCUT2D eigenvalue weighted by Gasteiger charge is 2.25. The van der Waals surface area contributed by atoms with E-state index in [0.29, 0.717) is 12.3 Å². The summed E-state index contributed by atoms with van der Waals surface area (Å²) in [5.41, 5.74) is 8.38. The average molecular weight is 233 g/mol. The summed E-state index contributed by atoms with van der Waals surface area (Å²) in [7, 11) is 0. The fraction of sp³-hybridized carbons (Fsp3) is 0.462. The molecule has 2 rings (SSSR count). The molecule has 2 unspecified atom stereocenters. The second kappa shape index (κ2) is 5.19. The van der Waals surface area contributed by atoms with Gasteiger partial charge < -0.3 is 16.3 Å².